The molecule has 1 aliphatic rings. The maximum atomic E-state index is 5.25. The van der Waals surface area contributed by atoms with Crippen molar-refractivity contribution in [2.45, 2.75) is 13.3 Å². The van der Waals surface area contributed by atoms with Crippen LogP contribution in [0.15, 0.2) is 21.7 Å². The Bertz CT molecular complexity index is 273. The molecule has 1 aliphatic heterocycles. The van der Waals surface area contributed by atoms with Crippen molar-refractivity contribution in [2.75, 3.05) is 6.54 Å². The first kappa shape index (κ1) is 5.71. The first-order chi connectivity index (χ1) is 4.88. The maximum absolute atomic E-state index is 5.25. The minimum atomic E-state index is 0.881. The fourth-order valence-electron chi connectivity index (χ4n) is 1.27. The minimum absolute atomic E-state index is 0.881. The lowest BCUT2D eigenvalue weighted by atomic mass is 10.1. The van der Waals surface area contributed by atoms with Crippen LogP contribution in [0.5, 0.6) is 0 Å². The third kappa shape index (κ3) is 0.685. The minimum Gasteiger partial charge on any atom is -0.469 e. The van der Waals surface area contributed by atoms with Gasteiger partial charge in [0.05, 0.1) is 6.26 Å². The fraction of sp³-hybridized carbons (Fsp3) is 0.375. The van der Waals surface area contributed by atoms with Gasteiger partial charge in [-0.1, -0.05) is 0 Å². The Labute approximate surface area is 59.6 Å². The van der Waals surface area contributed by atoms with Crippen molar-refractivity contribution in [3.05, 3.63) is 23.7 Å². The lowest BCUT2D eigenvalue weighted by molar-refractivity contribution is 0.508. The molecule has 0 saturated carbocycles. The van der Waals surface area contributed by atoms with E-state index in [4.69, 9.17) is 4.42 Å². The molecule has 1 aromatic heterocycles. The van der Waals surface area contributed by atoms with Crippen molar-refractivity contribution in [3.63, 3.8) is 0 Å². The van der Waals surface area contributed by atoms with E-state index in [0.717, 1.165) is 24.4 Å². The zero-order valence-corrected chi connectivity index (χ0v) is 5.92. The number of nitrogens with zero attached hydrogens (tertiary/aromatic N) is 1. The van der Waals surface area contributed by atoms with Gasteiger partial charge in [-0.15, -0.1) is 0 Å². The molecule has 2 rings (SSSR count). The van der Waals surface area contributed by atoms with Gasteiger partial charge in [0.15, 0.2) is 0 Å². The molecule has 0 spiro atoms. The Morgan fingerprint density at radius 1 is 1.60 bits per heavy atom. The van der Waals surface area contributed by atoms with Gasteiger partial charge in [0.25, 0.3) is 0 Å². The molecule has 0 aliphatic carbocycles. The van der Waals surface area contributed by atoms with E-state index in [0.29, 0.717) is 0 Å². The summed E-state index contributed by atoms with van der Waals surface area (Å²) >= 11 is 0. The molecule has 0 bridgehead atoms. The van der Waals surface area contributed by atoms with Gasteiger partial charge in [-0.2, -0.15) is 0 Å². The second kappa shape index (κ2) is 1.97. The van der Waals surface area contributed by atoms with Crippen LogP contribution in [0.25, 0.3) is 0 Å². The Kier molecular flexibility index (Phi) is 1.13. The molecule has 0 unspecified atom stereocenters. The summed E-state index contributed by atoms with van der Waals surface area (Å²) in [5.41, 5.74) is 2.29. The Balaban J connectivity index is 2.55. The molecule has 52 valence electrons. The highest BCUT2D eigenvalue weighted by Crippen LogP contribution is 2.16. The van der Waals surface area contributed by atoms with Crippen LogP contribution in [0.2, 0.25) is 0 Å². The third-order valence-electron chi connectivity index (χ3n) is 1.82. The Hall–Kier alpha value is -1.05. The number of furan rings is 1. The van der Waals surface area contributed by atoms with Crippen molar-refractivity contribution in [3.8, 4) is 0 Å². The largest absolute Gasteiger partial charge is 0.469 e. The van der Waals surface area contributed by atoms with Crippen molar-refractivity contribution in [1.82, 2.24) is 0 Å². The van der Waals surface area contributed by atoms with Crippen LogP contribution in [-0.4, -0.2) is 12.3 Å². The molecular formula is C8H9NO. The molecular weight excluding hydrogens is 126 g/mol. The van der Waals surface area contributed by atoms with Crippen LogP contribution >= 0.6 is 0 Å². The number of rotatable bonds is 0. The van der Waals surface area contributed by atoms with Crippen LogP contribution in [-0.2, 0) is 6.42 Å². The maximum Gasteiger partial charge on any atom is 0.114 e. The quantitative estimate of drug-likeness (QED) is 0.531. The number of fused-ring (bicyclic) bond motifs is 1. The zero-order chi connectivity index (χ0) is 6.97. The number of hydrogen-bond acceptors (Lipinski definition) is 2. The summed E-state index contributed by atoms with van der Waals surface area (Å²) in [6.45, 7) is 2.90. The van der Waals surface area contributed by atoms with Crippen molar-refractivity contribution in [1.29, 1.82) is 0 Å². The summed E-state index contributed by atoms with van der Waals surface area (Å²) in [6.07, 6.45) is 2.69. The van der Waals surface area contributed by atoms with Crippen LogP contribution in [0, 0.1) is 0 Å². The normalized spacial score (nSPS) is 16.3. The lowest BCUT2D eigenvalue weighted by Crippen LogP contribution is -2.06. The summed E-state index contributed by atoms with van der Waals surface area (Å²) in [4.78, 5) is 4.30. The van der Waals surface area contributed by atoms with Crippen LogP contribution in [0.4, 0.5) is 0 Å². The molecule has 0 amide bonds. The van der Waals surface area contributed by atoms with E-state index in [9.17, 15) is 0 Å². The smallest absolute Gasteiger partial charge is 0.114 e. The summed E-state index contributed by atoms with van der Waals surface area (Å²) < 4.78 is 5.25. The van der Waals surface area contributed by atoms with E-state index >= 15 is 0 Å². The van der Waals surface area contributed by atoms with E-state index in [1.54, 1.807) is 6.26 Å². The van der Waals surface area contributed by atoms with Gasteiger partial charge < -0.3 is 4.42 Å². The molecule has 0 N–H and O–H groups in total. The van der Waals surface area contributed by atoms with Gasteiger partial charge in [0.2, 0.25) is 0 Å². The molecule has 2 heteroatoms. The first-order valence-electron chi connectivity index (χ1n) is 3.46. The predicted molar refractivity (Wildman–Crippen MR) is 39.5 cm³/mol. The molecule has 2 heterocycles. The van der Waals surface area contributed by atoms with E-state index in [1.165, 1.54) is 5.56 Å². The van der Waals surface area contributed by atoms with Gasteiger partial charge >= 0.3 is 0 Å². The van der Waals surface area contributed by atoms with E-state index < -0.39 is 0 Å². The topological polar surface area (TPSA) is 25.5 Å². The molecule has 0 atom stereocenters. The second-order valence-corrected chi connectivity index (χ2v) is 2.47. The summed E-state index contributed by atoms with van der Waals surface area (Å²) in [6, 6.07) is 1.98. The van der Waals surface area contributed by atoms with Crippen molar-refractivity contribution >= 4 is 5.71 Å². The summed E-state index contributed by atoms with van der Waals surface area (Å²) in [5.74, 6) is 1.09. The van der Waals surface area contributed by atoms with Crippen LogP contribution in [0.3, 0.4) is 0 Å². The molecule has 1 aromatic rings. The van der Waals surface area contributed by atoms with Crippen molar-refractivity contribution in [2.24, 2.45) is 4.99 Å². The van der Waals surface area contributed by atoms with E-state index in [2.05, 4.69) is 4.99 Å². The number of hydrogen-bond donors (Lipinski definition) is 0. The summed E-state index contributed by atoms with van der Waals surface area (Å²) in [5, 5.41) is 0. The fourth-order valence-corrected chi connectivity index (χ4v) is 1.27. The molecule has 0 aromatic carbocycles. The van der Waals surface area contributed by atoms with Gasteiger partial charge in [-0.3, -0.25) is 4.99 Å². The molecule has 2 nitrogen and oxygen atoms in total. The predicted octanol–water partition coefficient (Wildman–Crippen LogP) is 1.64. The third-order valence-corrected chi connectivity index (χ3v) is 1.82. The Morgan fingerprint density at radius 2 is 2.50 bits per heavy atom. The standard InChI is InChI=1S/C8H9NO/c1-6-7-3-5-10-8(7)2-4-9-6/h3,5H,2,4H2,1H3. The Morgan fingerprint density at radius 3 is 3.30 bits per heavy atom. The molecule has 0 radical (unpaired) electrons. The highest BCUT2D eigenvalue weighted by Gasteiger charge is 2.11. The zero-order valence-electron chi connectivity index (χ0n) is 5.92. The van der Waals surface area contributed by atoms with Crippen LogP contribution in [0.1, 0.15) is 18.2 Å². The summed E-state index contributed by atoms with van der Waals surface area (Å²) in [7, 11) is 0. The highest BCUT2D eigenvalue weighted by atomic mass is 16.3. The second-order valence-electron chi connectivity index (χ2n) is 2.47. The van der Waals surface area contributed by atoms with Gasteiger partial charge in [-0.05, 0) is 13.0 Å². The molecule has 0 fully saturated rings. The monoisotopic (exact) mass is 135 g/mol. The van der Waals surface area contributed by atoms with Gasteiger partial charge in [0, 0.05) is 24.2 Å². The van der Waals surface area contributed by atoms with Crippen LogP contribution < -0.4 is 0 Å². The first-order valence-corrected chi connectivity index (χ1v) is 3.46. The highest BCUT2D eigenvalue weighted by molar-refractivity contribution is 6.00. The van der Waals surface area contributed by atoms with E-state index in [-0.39, 0.29) is 0 Å². The average molecular weight is 135 g/mol. The molecule has 10 heavy (non-hydrogen) atoms. The average Bonchev–Trinajstić information content (AvgIpc) is 2.36. The number of aliphatic imine (C=N–C) groups is 1. The van der Waals surface area contributed by atoms with Crippen molar-refractivity contribution < 1.29 is 4.42 Å². The van der Waals surface area contributed by atoms with E-state index in [1.807, 2.05) is 13.0 Å². The van der Waals surface area contributed by atoms with Gasteiger partial charge in [-0.25, -0.2) is 0 Å². The molecule has 0 saturated heterocycles. The lowest BCUT2D eigenvalue weighted by Gasteiger charge is -2.06. The SMILES string of the molecule is CC1=NCCc2occc21. The van der Waals surface area contributed by atoms with Gasteiger partial charge in [0.1, 0.15) is 5.76 Å².